The van der Waals surface area contributed by atoms with Gasteiger partial charge in [0.05, 0.1) is 12.9 Å². The van der Waals surface area contributed by atoms with Crippen molar-refractivity contribution in [1.29, 1.82) is 0 Å². The molecule has 4 N–H and O–H groups in total. The van der Waals surface area contributed by atoms with Crippen molar-refractivity contribution in [3.8, 4) is 0 Å². The molecule has 1 aromatic carbocycles. The van der Waals surface area contributed by atoms with Crippen LogP contribution < -0.4 is 10.5 Å². The Hall–Kier alpha value is -2.83. The first-order valence-corrected chi connectivity index (χ1v) is 10.7. The molecule has 2 fully saturated rings. The third kappa shape index (κ3) is 3.67. The molecule has 0 aliphatic carbocycles. The summed E-state index contributed by atoms with van der Waals surface area (Å²) < 4.78 is 7.30. The fourth-order valence-electron chi connectivity index (χ4n) is 4.41. The zero-order chi connectivity index (χ0) is 22.2. The second kappa shape index (κ2) is 8.60. The highest BCUT2D eigenvalue weighted by Crippen LogP contribution is 2.35. The lowest BCUT2D eigenvalue weighted by Gasteiger charge is -2.36. The van der Waals surface area contributed by atoms with Gasteiger partial charge in [0.2, 0.25) is 5.95 Å². The molecule has 11 heteroatoms. The fraction of sp³-hybridized carbons (Fsp3) is 0.476. The molecule has 11 nitrogen and oxygen atoms in total. The molecule has 2 aromatic heterocycles. The van der Waals surface area contributed by atoms with E-state index in [0.29, 0.717) is 19.0 Å². The van der Waals surface area contributed by atoms with E-state index >= 15 is 0 Å². The number of H-pyrrole nitrogens is 1. The minimum absolute atomic E-state index is 0.131. The first kappa shape index (κ1) is 21.0. The van der Waals surface area contributed by atoms with Gasteiger partial charge in [-0.3, -0.25) is 14.3 Å². The molecule has 4 atom stereocenters. The smallest absolute Gasteiger partial charge is 0.278 e. The van der Waals surface area contributed by atoms with Crippen LogP contribution in [-0.2, 0) is 11.3 Å². The van der Waals surface area contributed by atoms with Gasteiger partial charge in [-0.25, -0.2) is 9.97 Å². The van der Waals surface area contributed by atoms with Crippen molar-refractivity contribution in [3.63, 3.8) is 0 Å². The van der Waals surface area contributed by atoms with Crippen LogP contribution in [0.25, 0.3) is 11.2 Å². The molecule has 2 aliphatic heterocycles. The van der Waals surface area contributed by atoms with E-state index in [1.165, 1.54) is 11.9 Å². The lowest BCUT2D eigenvalue weighted by atomic mass is 10.1. The number of piperazine rings is 1. The number of nitrogens with zero attached hydrogens (tertiary/aromatic N) is 5. The number of hydrogen-bond acceptors (Lipinski definition) is 9. The number of ether oxygens (including phenoxy) is 1. The Balaban J connectivity index is 1.44. The van der Waals surface area contributed by atoms with Crippen LogP contribution in [0.3, 0.4) is 0 Å². The lowest BCUT2D eigenvalue weighted by molar-refractivity contribution is -0.0505. The highest BCUT2D eigenvalue weighted by Gasteiger charge is 2.45. The van der Waals surface area contributed by atoms with Gasteiger partial charge in [-0.1, -0.05) is 30.3 Å². The van der Waals surface area contributed by atoms with Gasteiger partial charge in [0.1, 0.15) is 18.3 Å². The number of nitrogens with one attached hydrogen (secondary N) is 1. The molecule has 32 heavy (non-hydrogen) atoms. The van der Waals surface area contributed by atoms with Crippen molar-refractivity contribution >= 4 is 17.1 Å². The molecular weight excluding hydrogens is 416 g/mol. The summed E-state index contributed by atoms with van der Waals surface area (Å²) in [7, 11) is 0. The molecule has 4 heterocycles. The number of benzene rings is 1. The molecule has 0 unspecified atom stereocenters. The molecule has 2 saturated heterocycles. The van der Waals surface area contributed by atoms with E-state index in [9.17, 15) is 20.1 Å². The first-order chi connectivity index (χ1) is 15.6. The summed E-state index contributed by atoms with van der Waals surface area (Å²) in [5.41, 5.74) is 1.23. The standard InChI is InChI=1S/C21H26N6O5/c28-11-14-16(29)17(30)20(32-14)27-18-15(19(31)23-12-22-18)24-21(27)26-8-6-25(7-9-26)10-13-4-2-1-3-5-13/h1-5,12,14,16-17,20,28-30H,6-11H2,(H,22,23,31)/t14-,16+,17-,20-/m0/s1. The average molecular weight is 442 g/mol. The van der Waals surface area contributed by atoms with Crippen molar-refractivity contribution in [2.75, 3.05) is 37.7 Å². The highest BCUT2D eigenvalue weighted by atomic mass is 16.6. The van der Waals surface area contributed by atoms with Gasteiger partial charge in [-0.15, -0.1) is 0 Å². The van der Waals surface area contributed by atoms with Crippen LogP contribution in [0.5, 0.6) is 0 Å². The number of anilines is 1. The number of imidazole rings is 1. The third-order valence-corrected chi connectivity index (χ3v) is 6.14. The summed E-state index contributed by atoms with van der Waals surface area (Å²) in [5, 5.41) is 30.4. The van der Waals surface area contributed by atoms with E-state index in [-0.39, 0.29) is 11.2 Å². The molecule has 0 bridgehead atoms. The van der Waals surface area contributed by atoms with Gasteiger partial charge < -0.3 is 29.9 Å². The van der Waals surface area contributed by atoms with Crippen molar-refractivity contribution in [2.45, 2.75) is 31.1 Å². The van der Waals surface area contributed by atoms with Crippen LogP contribution in [0.15, 0.2) is 41.5 Å². The molecule has 0 amide bonds. The van der Waals surface area contributed by atoms with Gasteiger partial charge in [-0.2, -0.15) is 0 Å². The summed E-state index contributed by atoms with van der Waals surface area (Å²) >= 11 is 0. The van der Waals surface area contributed by atoms with E-state index in [0.717, 1.165) is 19.6 Å². The Morgan fingerprint density at radius 3 is 2.53 bits per heavy atom. The largest absolute Gasteiger partial charge is 0.394 e. The molecule has 0 spiro atoms. The van der Waals surface area contributed by atoms with Crippen LogP contribution in [0.4, 0.5) is 5.95 Å². The van der Waals surface area contributed by atoms with Crippen LogP contribution in [-0.4, -0.2) is 90.8 Å². The topological polar surface area (TPSA) is 140 Å². The Labute approximate surface area is 183 Å². The highest BCUT2D eigenvalue weighted by molar-refractivity contribution is 5.74. The van der Waals surface area contributed by atoms with E-state index < -0.39 is 36.7 Å². The van der Waals surface area contributed by atoms with Gasteiger partial charge in [0.15, 0.2) is 17.4 Å². The van der Waals surface area contributed by atoms with Crippen LogP contribution >= 0.6 is 0 Å². The summed E-state index contributed by atoms with van der Waals surface area (Å²) in [4.78, 5) is 28.0. The van der Waals surface area contributed by atoms with E-state index in [2.05, 4.69) is 32.0 Å². The van der Waals surface area contributed by atoms with E-state index in [4.69, 9.17) is 4.74 Å². The molecule has 170 valence electrons. The average Bonchev–Trinajstić information content (AvgIpc) is 3.33. The third-order valence-electron chi connectivity index (χ3n) is 6.14. The lowest BCUT2D eigenvalue weighted by Crippen LogP contribution is -2.47. The SMILES string of the molecule is O=c1[nH]cnc2c1nc(N1CCN(Cc3ccccc3)CC1)n2[C@H]1O[C@@H](CO)[C@@H](O)[C@@H]1O. The quantitative estimate of drug-likeness (QED) is 0.394. The first-order valence-electron chi connectivity index (χ1n) is 10.7. The maximum absolute atomic E-state index is 12.4. The molecule has 0 radical (unpaired) electrons. The van der Waals surface area contributed by atoms with Crippen LogP contribution in [0.1, 0.15) is 11.8 Å². The predicted octanol–water partition coefficient (Wildman–Crippen LogP) is -0.947. The molecule has 2 aliphatic rings. The second-order valence-electron chi connectivity index (χ2n) is 8.16. The van der Waals surface area contributed by atoms with Crippen molar-refractivity contribution in [2.24, 2.45) is 0 Å². The zero-order valence-electron chi connectivity index (χ0n) is 17.4. The number of rotatable bonds is 5. The van der Waals surface area contributed by atoms with E-state index in [1.807, 2.05) is 23.1 Å². The summed E-state index contributed by atoms with van der Waals surface area (Å²) in [6.45, 7) is 3.30. The molecule has 0 saturated carbocycles. The van der Waals surface area contributed by atoms with Gasteiger partial charge in [0, 0.05) is 32.7 Å². The normalized spacial score (nSPS) is 26.8. The number of hydrogen-bond donors (Lipinski definition) is 4. The molecule has 3 aromatic rings. The van der Waals surface area contributed by atoms with Crippen LogP contribution in [0, 0.1) is 0 Å². The molecular formula is C21H26N6O5. The van der Waals surface area contributed by atoms with Gasteiger partial charge in [0.25, 0.3) is 5.56 Å². The van der Waals surface area contributed by atoms with Crippen molar-refractivity contribution in [1.82, 2.24) is 24.4 Å². The number of aromatic nitrogens is 4. The summed E-state index contributed by atoms with van der Waals surface area (Å²) in [6.07, 6.45) is -3.27. The Morgan fingerprint density at radius 2 is 1.84 bits per heavy atom. The summed E-state index contributed by atoms with van der Waals surface area (Å²) in [6, 6.07) is 10.3. The zero-order valence-corrected chi connectivity index (χ0v) is 17.4. The van der Waals surface area contributed by atoms with Crippen LogP contribution in [0.2, 0.25) is 0 Å². The van der Waals surface area contributed by atoms with Gasteiger partial charge in [-0.05, 0) is 5.56 Å². The van der Waals surface area contributed by atoms with E-state index in [1.54, 1.807) is 4.57 Å². The second-order valence-corrected chi connectivity index (χ2v) is 8.16. The maximum atomic E-state index is 12.4. The number of aromatic amines is 1. The Kier molecular flexibility index (Phi) is 5.66. The van der Waals surface area contributed by atoms with Gasteiger partial charge >= 0.3 is 0 Å². The Bertz CT molecular complexity index is 1130. The summed E-state index contributed by atoms with van der Waals surface area (Å²) in [5.74, 6) is 0.443. The number of fused-ring (bicyclic) bond motifs is 1. The monoisotopic (exact) mass is 442 g/mol. The van der Waals surface area contributed by atoms with Crippen molar-refractivity contribution < 1.29 is 20.1 Å². The number of aliphatic hydroxyl groups excluding tert-OH is 3. The maximum Gasteiger partial charge on any atom is 0.278 e. The van der Waals surface area contributed by atoms with Crippen molar-refractivity contribution in [3.05, 3.63) is 52.6 Å². The Morgan fingerprint density at radius 1 is 1.09 bits per heavy atom. The minimum Gasteiger partial charge on any atom is -0.394 e. The number of aliphatic hydroxyl groups is 3. The fourth-order valence-corrected chi connectivity index (χ4v) is 4.41. The predicted molar refractivity (Wildman–Crippen MR) is 115 cm³/mol. The molecule has 5 rings (SSSR count). The minimum atomic E-state index is -1.30.